The van der Waals surface area contributed by atoms with Gasteiger partial charge in [-0.2, -0.15) is 0 Å². The van der Waals surface area contributed by atoms with Gasteiger partial charge in [0.15, 0.2) is 9.84 Å². The van der Waals surface area contributed by atoms with Gasteiger partial charge < -0.3 is 10.5 Å². The van der Waals surface area contributed by atoms with Gasteiger partial charge in [-0.05, 0) is 43.6 Å². The van der Waals surface area contributed by atoms with Crippen molar-refractivity contribution in [2.75, 3.05) is 19.4 Å². The average molecular weight is 289 g/mol. The molecule has 110 valence electrons. The molecule has 2 unspecified atom stereocenters. The SMILES string of the molecule is COC(=O)CC1(CS(=O)(=O)C2CCCC2CN)CC1. The molecule has 0 aliphatic heterocycles. The fourth-order valence-corrected chi connectivity index (χ4v) is 6.02. The predicted octanol–water partition coefficient (Wildman–Crippen LogP) is 0.872. The van der Waals surface area contributed by atoms with E-state index in [9.17, 15) is 13.2 Å². The summed E-state index contributed by atoms with van der Waals surface area (Å²) in [5.74, 6) is -0.0931. The van der Waals surface area contributed by atoms with Crippen molar-refractivity contribution in [1.82, 2.24) is 0 Å². The van der Waals surface area contributed by atoms with E-state index in [1.807, 2.05) is 0 Å². The largest absolute Gasteiger partial charge is 0.469 e. The van der Waals surface area contributed by atoms with Crippen molar-refractivity contribution in [2.24, 2.45) is 17.1 Å². The number of esters is 1. The summed E-state index contributed by atoms with van der Waals surface area (Å²) in [6, 6.07) is 0. The number of rotatable bonds is 6. The molecule has 0 aromatic carbocycles. The second kappa shape index (κ2) is 5.40. The van der Waals surface area contributed by atoms with Crippen molar-refractivity contribution in [2.45, 2.75) is 43.8 Å². The third kappa shape index (κ3) is 3.28. The number of ether oxygens (including phenoxy) is 1. The molecule has 2 fully saturated rings. The van der Waals surface area contributed by atoms with Crippen LogP contribution in [0.5, 0.6) is 0 Å². The number of nitrogens with two attached hydrogens (primary N) is 1. The van der Waals surface area contributed by atoms with Crippen LogP contribution in [0.15, 0.2) is 0 Å². The minimum Gasteiger partial charge on any atom is -0.469 e. The predicted molar refractivity (Wildman–Crippen MR) is 72.3 cm³/mol. The Morgan fingerprint density at radius 1 is 1.37 bits per heavy atom. The van der Waals surface area contributed by atoms with Crippen LogP contribution >= 0.6 is 0 Å². The first kappa shape index (κ1) is 14.8. The summed E-state index contributed by atoms with van der Waals surface area (Å²) in [6.07, 6.45) is 4.41. The van der Waals surface area contributed by atoms with Gasteiger partial charge in [-0.1, -0.05) is 6.42 Å². The molecular weight excluding hydrogens is 266 g/mol. The Labute approximate surface area is 114 Å². The normalized spacial score (nSPS) is 29.2. The first-order chi connectivity index (χ1) is 8.92. The van der Waals surface area contributed by atoms with Gasteiger partial charge >= 0.3 is 5.97 Å². The highest BCUT2D eigenvalue weighted by atomic mass is 32.2. The van der Waals surface area contributed by atoms with Crippen molar-refractivity contribution in [3.63, 3.8) is 0 Å². The van der Waals surface area contributed by atoms with E-state index >= 15 is 0 Å². The van der Waals surface area contributed by atoms with E-state index in [1.165, 1.54) is 7.11 Å². The smallest absolute Gasteiger partial charge is 0.306 e. The van der Waals surface area contributed by atoms with Crippen LogP contribution in [-0.2, 0) is 19.4 Å². The molecule has 0 bridgehead atoms. The Morgan fingerprint density at radius 2 is 2.05 bits per heavy atom. The van der Waals surface area contributed by atoms with Crippen LogP contribution in [0.2, 0.25) is 0 Å². The topological polar surface area (TPSA) is 86.5 Å². The summed E-state index contributed by atoms with van der Waals surface area (Å²) in [4.78, 5) is 11.4. The van der Waals surface area contributed by atoms with E-state index in [0.717, 1.165) is 32.1 Å². The highest BCUT2D eigenvalue weighted by Crippen LogP contribution is 2.51. The molecule has 2 N–H and O–H groups in total. The highest BCUT2D eigenvalue weighted by Gasteiger charge is 2.50. The molecular formula is C13H23NO4S. The molecule has 2 aliphatic rings. The summed E-state index contributed by atoms with van der Waals surface area (Å²) in [5, 5.41) is -0.298. The van der Waals surface area contributed by atoms with Crippen LogP contribution in [0.1, 0.15) is 38.5 Å². The number of methoxy groups -OCH3 is 1. The molecule has 2 rings (SSSR count). The van der Waals surface area contributed by atoms with E-state index in [-0.39, 0.29) is 34.7 Å². The first-order valence-corrected chi connectivity index (χ1v) is 8.62. The van der Waals surface area contributed by atoms with Crippen molar-refractivity contribution in [3.8, 4) is 0 Å². The van der Waals surface area contributed by atoms with E-state index in [2.05, 4.69) is 4.74 Å². The summed E-state index contributed by atoms with van der Waals surface area (Å²) in [5.41, 5.74) is 5.31. The van der Waals surface area contributed by atoms with Crippen LogP contribution in [-0.4, -0.2) is 39.0 Å². The van der Waals surface area contributed by atoms with Gasteiger partial charge in [-0.3, -0.25) is 4.79 Å². The zero-order chi connectivity index (χ0) is 14.1. The van der Waals surface area contributed by atoms with Crippen molar-refractivity contribution in [3.05, 3.63) is 0 Å². The highest BCUT2D eigenvalue weighted by molar-refractivity contribution is 7.92. The lowest BCUT2D eigenvalue weighted by Crippen LogP contribution is -2.35. The molecule has 19 heavy (non-hydrogen) atoms. The molecule has 0 aromatic heterocycles. The molecule has 2 saturated carbocycles. The molecule has 5 nitrogen and oxygen atoms in total. The maximum absolute atomic E-state index is 12.5. The lowest BCUT2D eigenvalue weighted by Gasteiger charge is -2.21. The monoisotopic (exact) mass is 289 g/mol. The summed E-state index contributed by atoms with van der Waals surface area (Å²) < 4.78 is 29.7. The van der Waals surface area contributed by atoms with E-state index in [1.54, 1.807) is 0 Å². The van der Waals surface area contributed by atoms with Gasteiger partial charge in [0.25, 0.3) is 0 Å². The molecule has 6 heteroatoms. The van der Waals surface area contributed by atoms with Crippen LogP contribution in [0.25, 0.3) is 0 Å². The van der Waals surface area contributed by atoms with Crippen LogP contribution in [0.3, 0.4) is 0 Å². The number of sulfone groups is 1. The van der Waals surface area contributed by atoms with Crippen molar-refractivity contribution < 1.29 is 17.9 Å². The lowest BCUT2D eigenvalue weighted by molar-refractivity contribution is -0.141. The Morgan fingerprint density at radius 3 is 2.58 bits per heavy atom. The number of carbonyl (C=O) groups excluding carboxylic acids is 1. The zero-order valence-electron chi connectivity index (χ0n) is 11.4. The minimum absolute atomic E-state index is 0.0962. The fourth-order valence-electron chi connectivity index (χ4n) is 3.21. The van der Waals surface area contributed by atoms with Gasteiger partial charge in [-0.25, -0.2) is 8.42 Å². The summed E-state index contributed by atoms with van der Waals surface area (Å²) in [6.45, 7) is 0.438. The Balaban J connectivity index is 2.03. The Bertz CT molecular complexity index is 442. The zero-order valence-corrected chi connectivity index (χ0v) is 12.2. The third-order valence-electron chi connectivity index (χ3n) is 4.56. The molecule has 0 heterocycles. The average Bonchev–Trinajstić information content (AvgIpc) is 2.93. The molecule has 0 radical (unpaired) electrons. The van der Waals surface area contributed by atoms with E-state index in [4.69, 9.17) is 5.73 Å². The Kier molecular flexibility index (Phi) is 4.20. The first-order valence-electron chi connectivity index (χ1n) is 6.91. The number of carbonyl (C=O) groups is 1. The quantitative estimate of drug-likeness (QED) is 0.733. The minimum atomic E-state index is -3.16. The van der Waals surface area contributed by atoms with E-state index in [0.29, 0.717) is 6.54 Å². The second-order valence-electron chi connectivity index (χ2n) is 6.03. The number of hydrogen-bond acceptors (Lipinski definition) is 5. The van der Waals surface area contributed by atoms with Gasteiger partial charge in [-0.15, -0.1) is 0 Å². The Hall–Kier alpha value is -0.620. The van der Waals surface area contributed by atoms with Gasteiger partial charge in [0.1, 0.15) is 0 Å². The van der Waals surface area contributed by atoms with Crippen LogP contribution in [0.4, 0.5) is 0 Å². The molecule has 0 amide bonds. The maximum Gasteiger partial charge on any atom is 0.306 e. The molecule has 0 aromatic rings. The second-order valence-corrected chi connectivity index (χ2v) is 8.25. The van der Waals surface area contributed by atoms with Crippen molar-refractivity contribution >= 4 is 15.8 Å². The summed E-state index contributed by atoms with van der Waals surface area (Å²) >= 11 is 0. The molecule has 0 saturated heterocycles. The lowest BCUT2D eigenvalue weighted by atomic mass is 10.1. The van der Waals surface area contributed by atoms with Gasteiger partial charge in [0.05, 0.1) is 24.5 Å². The van der Waals surface area contributed by atoms with Gasteiger partial charge in [0.2, 0.25) is 0 Å². The molecule has 2 aliphatic carbocycles. The third-order valence-corrected chi connectivity index (χ3v) is 7.12. The standard InChI is InChI=1S/C13H23NO4S/c1-18-12(15)7-13(5-6-13)9-19(16,17)11-4-2-3-10(11)8-14/h10-11H,2-9,14H2,1H3. The molecule has 2 atom stereocenters. The number of hydrogen-bond donors (Lipinski definition) is 1. The van der Waals surface area contributed by atoms with Gasteiger partial charge in [0, 0.05) is 0 Å². The molecule has 0 spiro atoms. The van der Waals surface area contributed by atoms with Crippen molar-refractivity contribution in [1.29, 1.82) is 0 Å². The summed E-state index contributed by atoms with van der Waals surface area (Å²) in [7, 11) is -1.82. The maximum atomic E-state index is 12.5. The van der Waals surface area contributed by atoms with Crippen LogP contribution in [0, 0.1) is 11.3 Å². The van der Waals surface area contributed by atoms with E-state index < -0.39 is 9.84 Å². The van der Waals surface area contributed by atoms with Crippen LogP contribution < -0.4 is 5.73 Å². The fraction of sp³-hybridized carbons (Fsp3) is 0.923.